The lowest BCUT2D eigenvalue weighted by Crippen LogP contribution is -2.31. The van der Waals surface area contributed by atoms with E-state index in [2.05, 4.69) is 15.5 Å². The first-order chi connectivity index (χ1) is 15.8. The Morgan fingerprint density at radius 2 is 1.85 bits per heavy atom. The molecule has 0 bridgehead atoms. The molecule has 0 saturated heterocycles. The SMILES string of the molecule is CCOc1ccccc1N(CCCC(=O)Nc1nnc(-c2ccc(OC)cc2)s1)S(C)(=O)=O. The van der Waals surface area contributed by atoms with Crippen molar-refractivity contribution in [2.24, 2.45) is 0 Å². The van der Waals surface area contributed by atoms with Gasteiger partial charge in [-0.1, -0.05) is 23.5 Å². The molecule has 0 fully saturated rings. The summed E-state index contributed by atoms with van der Waals surface area (Å²) < 4.78 is 36.7. The average molecular weight is 491 g/mol. The maximum Gasteiger partial charge on any atom is 0.232 e. The second-order valence-electron chi connectivity index (χ2n) is 7.03. The Hall–Kier alpha value is -3.18. The zero-order valence-corrected chi connectivity index (χ0v) is 20.3. The lowest BCUT2D eigenvalue weighted by atomic mass is 10.2. The van der Waals surface area contributed by atoms with Crippen LogP contribution in [0.1, 0.15) is 19.8 Å². The second-order valence-corrected chi connectivity index (χ2v) is 9.91. The molecule has 0 radical (unpaired) electrons. The molecule has 0 aliphatic rings. The van der Waals surface area contributed by atoms with Crippen molar-refractivity contribution >= 4 is 38.1 Å². The van der Waals surface area contributed by atoms with Gasteiger partial charge in [-0.15, -0.1) is 10.2 Å². The summed E-state index contributed by atoms with van der Waals surface area (Å²) >= 11 is 1.26. The highest BCUT2D eigenvalue weighted by molar-refractivity contribution is 7.92. The van der Waals surface area contributed by atoms with E-state index in [4.69, 9.17) is 9.47 Å². The number of nitrogens with one attached hydrogen (secondary N) is 1. The predicted molar refractivity (Wildman–Crippen MR) is 130 cm³/mol. The summed E-state index contributed by atoms with van der Waals surface area (Å²) in [5.74, 6) is 0.956. The van der Waals surface area contributed by atoms with Crippen molar-refractivity contribution in [3.63, 3.8) is 0 Å². The third-order valence-corrected chi connectivity index (χ3v) is 6.68. The topological polar surface area (TPSA) is 111 Å². The van der Waals surface area contributed by atoms with E-state index < -0.39 is 10.0 Å². The van der Waals surface area contributed by atoms with Crippen molar-refractivity contribution in [3.05, 3.63) is 48.5 Å². The van der Waals surface area contributed by atoms with E-state index in [9.17, 15) is 13.2 Å². The largest absolute Gasteiger partial charge is 0.497 e. The number of methoxy groups -OCH3 is 1. The monoisotopic (exact) mass is 490 g/mol. The number of sulfonamides is 1. The summed E-state index contributed by atoms with van der Waals surface area (Å²) in [6.07, 6.45) is 1.58. The van der Waals surface area contributed by atoms with Crippen LogP contribution in [0.3, 0.4) is 0 Å². The van der Waals surface area contributed by atoms with Crippen molar-refractivity contribution in [3.8, 4) is 22.1 Å². The average Bonchev–Trinajstić information content (AvgIpc) is 3.25. The Morgan fingerprint density at radius 3 is 2.52 bits per heavy atom. The molecular weight excluding hydrogens is 464 g/mol. The molecule has 0 atom stereocenters. The van der Waals surface area contributed by atoms with Crippen LogP contribution in [-0.2, 0) is 14.8 Å². The van der Waals surface area contributed by atoms with Gasteiger partial charge in [0.2, 0.25) is 21.1 Å². The van der Waals surface area contributed by atoms with E-state index in [0.29, 0.717) is 34.6 Å². The summed E-state index contributed by atoms with van der Waals surface area (Å²) in [6.45, 7) is 2.39. The highest BCUT2D eigenvalue weighted by Gasteiger charge is 2.21. The molecule has 1 amide bonds. The number of ether oxygens (including phenoxy) is 2. The van der Waals surface area contributed by atoms with Crippen LogP contribution in [0, 0.1) is 0 Å². The van der Waals surface area contributed by atoms with Crippen LogP contribution in [0.2, 0.25) is 0 Å². The second kappa shape index (κ2) is 11.1. The Bertz CT molecular complexity index is 1180. The van der Waals surface area contributed by atoms with Crippen molar-refractivity contribution in [2.75, 3.05) is 36.1 Å². The van der Waals surface area contributed by atoms with Crippen LogP contribution in [-0.4, -0.2) is 51.0 Å². The zero-order valence-electron chi connectivity index (χ0n) is 18.6. The molecular formula is C22H26N4O5S2. The van der Waals surface area contributed by atoms with Crippen molar-refractivity contribution in [2.45, 2.75) is 19.8 Å². The van der Waals surface area contributed by atoms with Crippen LogP contribution >= 0.6 is 11.3 Å². The lowest BCUT2D eigenvalue weighted by molar-refractivity contribution is -0.116. The van der Waals surface area contributed by atoms with Crippen LogP contribution in [0.15, 0.2) is 48.5 Å². The molecule has 3 rings (SSSR count). The van der Waals surface area contributed by atoms with Crippen molar-refractivity contribution in [1.29, 1.82) is 0 Å². The lowest BCUT2D eigenvalue weighted by Gasteiger charge is -2.24. The maximum atomic E-state index is 12.4. The van der Waals surface area contributed by atoms with Gasteiger partial charge in [0.05, 0.1) is 25.7 Å². The summed E-state index contributed by atoms with van der Waals surface area (Å²) in [6, 6.07) is 14.3. The summed E-state index contributed by atoms with van der Waals surface area (Å²) in [5.41, 5.74) is 1.32. The van der Waals surface area contributed by atoms with Gasteiger partial charge in [-0.2, -0.15) is 0 Å². The Labute approximate surface area is 197 Å². The van der Waals surface area contributed by atoms with Crippen LogP contribution < -0.4 is 19.1 Å². The van der Waals surface area contributed by atoms with Crippen molar-refractivity contribution in [1.82, 2.24) is 10.2 Å². The fourth-order valence-corrected chi connectivity index (χ4v) is 4.83. The number of para-hydroxylation sites is 2. The minimum atomic E-state index is -3.56. The fraction of sp³-hybridized carbons (Fsp3) is 0.318. The quantitative estimate of drug-likeness (QED) is 0.435. The molecule has 11 heteroatoms. The summed E-state index contributed by atoms with van der Waals surface area (Å²) in [7, 11) is -1.96. The third kappa shape index (κ3) is 6.65. The highest BCUT2D eigenvalue weighted by atomic mass is 32.2. The van der Waals surface area contributed by atoms with E-state index in [-0.39, 0.29) is 18.9 Å². The third-order valence-electron chi connectivity index (χ3n) is 4.61. The molecule has 176 valence electrons. The number of nitrogens with zero attached hydrogens (tertiary/aromatic N) is 3. The van der Waals surface area contributed by atoms with Gasteiger partial charge in [-0.05, 0) is 49.7 Å². The van der Waals surface area contributed by atoms with Gasteiger partial charge in [-0.25, -0.2) is 8.42 Å². The first-order valence-electron chi connectivity index (χ1n) is 10.3. The number of amides is 1. The number of rotatable bonds is 11. The van der Waals surface area contributed by atoms with E-state index in [1.54, 1.807) is 31.4 Å². The number of hydrogen-bond donors (Lipinski definition) is 1. The standard InChI is InChI=1S/C22H26N4O5S2/c1-4-31-19-9-6-5-8-18(19)26(33(3,28)29)15-7-10-20(27)23-22-25-24-21(32-22)16-11-13-17(30-2)14-12-16/h5-6,8-9,11-14H,4,7,10,15H2,1-3H3,(H,23,25,27). The van der Waals surface area contributed by atoms with Gasteiger partial charge in [-0.3, -0.25) is 9.10 Å². The number of carbonyl (C=O) groups is 1. The van der Waals surface area contributed by atoms with Crippen LogP contribution in [0.4, 0.5) is 10.8 Å². The van der Waals surface area contributed by atoms with E-state index in [1.807, 2.05) is 31.2 Å². The molecule has 33 heavy (non-hydrogen) atoms. The fourth-order valence-electron chi connectivity index (χ4n) is 3.09. The summed E-state index contributed by atoms with van der Waals surface area (Å²) in [4.78, 5) is 12.4. The van der Waals surface area contributed by atoms with E-state index in [0.717, 1.165) is 17.6 Å². The van der Waals surface area contributed by atoms with Gasteiger partial charge in [0, 0.05) is 18.5 Å². The number of aromatic nitrogens is 2. The number of carbonyl (C=O) groups excluding carboxylic acids is 1. The van der Waals surface area contributed by atoms with Crippen LogP contribution in [0.25, 0.3) is 10.6 Å². The molecule has 9 nitrogen and oxygen atoms in total. The van der Waals surface area contributed by atoms with Gasteiger partial charge < -0.3 is 14.8 Å². The first-order valence-corrected chi connectivity index (χ1v) is 13.0. The molecule has 1 N–H and O–H groups in total. The van der Waals surface area contributed by atoms with Crippen LogP contribution in [0.5, 0.6) is 11.5 Å². The molecule has 2 aromatic carbocycles. The molecule has 1 aromatic heterocycles. The summed E-state index contributed by atoms with van der Waals surface area (Å²) in [5, 5.41) is 11.9. The molecule has 0 unspecified atom stereocenters. The molecule has 1 heterocycles. The van der Waals surface area contributed by atoms with Gasteiger partial charge in [0.15, 0.2) is 0 Å². The highest BCUT2D eigenvalue weighted by Crippen LogP contribution is 2.30. The Balaban J connectivity index is 1.59. The molecule has 0 saturated carbocycles. The molecule has 3 aromatic rings. The van der Waals surface area contributed by atoms with E-state index >= 15 is 0 Å². The number of anilines is 2. The minimum Gasteiger partial charge on any atom is -0.497 e. The molecule has 0 aliphatic carbocycles. The number of benzene rings is 2. The van der Waals surface area contributed by atoms with Crippen molar-refractivity contribution < 1.29 is 22.7 Å². The van der Waals surface area contributed by atoms with E-state index in [1.165, 1.54) is 15.6 Å². The maximum absolute atomic E-state index is 12.4. The number of hydrogen-bond acceptors (Lipinski definition) is 8. The van der Waals surface area contributed by atoms with Gasteiger partial charge in [0.1, 0.15) is 16.5 Å². The Morgan fingerprint density at radius 1 is 1.12 bits per heavy atom. The first kappa shape index (κ1) is 24.5. The smallest absolute Gasteiger partial charge is 0.232 e. The zero-order chi connectivity index (χ0) is 23.8. The molecule has 0 aliphatic heterocycles. The van der Waals surface area contributed by atoms with Gasteiger partial charge in [0.25, 0.3) is 0 Å². The minimum absolute atomic E-state index is 0.125. The predicted octanol–water partition coefficient (Wildman–Crippen LogP) is 3.80. The van der Waals surface area contributed by atoms with Gasteiger partial charge >= 0.3 is 0 Å². The normalized spacial score (nSPS) is 11.1. The molecule has 0 spiro atoms. The Kier molecular flexibility index (Phi) is 8.23.